The van der Waals surface area contributed by atoms with Gasteiger partial charge in [-0.05, 0) is 44.0 Å². The summed E-state index contributed by atoms with van der Waals surface area (Å²) in [5.41, 5.74) is 2.69. The Morgan fingerprint density at radius 2 is 1.65 bits per heavy atom. The van der Waals surface area contributed by atoms with Crippen molar-refractivity contribution in [3.63, 3.8) is 0 Å². The van der Waals surface area contributed by atoms with Crippen LogP contribution in [0.2, 0.25) is 0 Å². The molecular weight excluding hydrogens is 450 g/mol. The number of hydrogen-bond donors (Lipinski definition) is 1. The number of sulfonamides is 1. The van der Waals surface area contributed by atoms with Crippen LogP contribution in [-0.2, 0) is 10.0 Å². The number of aromatic nitrogens is 3. The zero-order valence-corrected chi connectivity index (χ0v) is 20.0. The fraction of sp³-hybridized carbons (Fsp3) is 0.320. The van der Waals surface area contributed by atoms with Crippen molar-refractivity contribution in [3.05, 3.63) is 66.6 Å². The van der Waals surface area contributed by atoms with E-state index in [1.54, 1.807) is 6.20 Å². The lowest BCUT2D eigenvalue weighted by Gasteiger charge is -2.30. The molecule has 8 nitrogen and oxygen atoms in total. The third-order valence-electron chi connectivity index (χ3n) is 6.14. The number of hydrogen-bond acceptors (Lipinski definition) is 7. The second-order valence-corrected chi connectivity index (χ2v) is 10.6. The fourth-order valence-corrected chi connectivity index (χ4v) is 5.18. The SMILES string of the molecule is C[C@H](Nc1ccnc2ccccc12)c1nc(OC2CCN(S(C)(=O)=O)CC2)c2ccccc2n1. The van der Waals surface area contributed by atoms with Gasteiger partial charge in [-0.25, -0.2) is 17.7 Å². The monoisotopic (exact) mass is 477 g/mol. The Kier molecular flexibility index (Phi) is 6.05. The molecule has 1 fully saturated rings. The average molecular weight is 478 g/mol. The number of anilines is 1. The van der Waals surface area contributed by atoms with Crippen molar-refractivity contribution in [1.29, 1.82) is 0 Å². The van der Waals surface area contributed by atoms with Gasteiger partial charge in [0.05, 0.1) is 28.7 Å². The van der Waals surface area contributed by atoms with Crippen molar-refractivity contribution in [1.82, 2.24) is 19.3 Å². The fourth-order valence-electron chi connectivity index (χ4n) is 4.31. The normalized spacial score (nSPS) is 16.5. The summed E-state index contributed by atoms with van der Waals surface area (Å²) in [7, 11) is -3.18. The molecule has 1 N–H and O–H groups in total. The molecule has 176 valence electrons. The predicted octanol–water partition coefficient (Wildman–Crippen LogP) is 4.15. The Balaban J connectivity index is 1.41. The Labute approximate surface area is 199 Å². The molecule has 9 heteroatoms. The van der Waals surface area contributed by atoms with Crippen molar-refractivity contribution in [2.45, 2.75) is 31.9 Å². The number of rotatable bonds is 6. The molecule has 4 aromatic rings. The molecule has 0 spiro atoms. The van der Waals surface area contributed by atoms with Crippen molar-refractivity contribution >= 4 is 37.5 Å². The first kappa shape index (κ1) is 22.5. The summed E-state index contributed by atoms with van der Waals surface area (Å²) >= 11 is 0. The second kappa shape index (κ2) is 9.15. The third-order valence-corrected chi connectivity index (χ3v) is 7.45. The Hall–Kier alpha value is -3.30. The van der Waals surface area contributed by atoms with Gasteiger partial charge in [0.25, 0.3) is 0 Å². The first-order chi connectivity index (χ1) is 16.4. The lowest BCUT2D eigenvalue weighted by atomic mass is 10.1. The van der Waals surface area contributed by atoms with E-state index >= 15 is 0 Å². The van der Waals surface area contributed by atoms with Crippen LogP contribution in [0, 0.1) is 0 Å². The number of ether oxygens (including phenoxy) is 1. The number of pyridine rings is 1. The highest BCUT2D eigenvalue weighted by atomic mass is 32.2. The van der Waals surface area contributed by atoms with Crippen molar-refractivity contribution < 1.29 is 13.2 Å². The van der Waals surface area contributed by atoms with Crippen molar-refractivity contribution in [3.8, 4) is 5.88 Å². The van der Waals surface area contributed by atoms with Crippen LogP contribution in [0.4, 0.5) is 5.69 Å². The predicted molar refractivity (Wildman–Crippen MR) is 133 cm³/mol. The van der Waals surface area contributed by atoms with Gasteiger partial charge in [-0.3, -0.25) is 4.98 Å². The maximum absolute atomic E-state index is 11.8. The number of nitrogens with one attached hydrogen (secondary N) is 1. The minimum atomic E-state index is -3.18. The molecular formula is C25H27N5O3S. The molecule has 34 heavy (non-hydrogen) atoms. The molecule has 0 amide bonds. The van der Waals surface area contributed by atoms with Crippen LogP contribution < -0.4 is 10.1 Å². The lowest BCUT2D eigenvalue weighted by molar-refractivity contribution is 0.131. The first-order valence-electron chi connectivity index (χ1n) is 11.4. The summed E-state index contributed by atoms with van der Waals surface area (Å²) in [6.07, 6.45) is 4.18. The van der Waals surface area contributed by atoms with Gasteiger partial charge in [0.15, 0.2) is 5.82 Å². The maximum atomic E-state index is 11.8. The van der Waals surface area contributed by atoms with Gasteiger partial charge >= 0.3 is 0 Å². The van der Waals surface area contributed by atoms with Crippen LogP contribution in [0.25, 0.3) is 21.8 Å². The van der Waals surface area contributed by atoms with Crippen LogP contribution >= 0.6 is 0 Å². The molecule has 0 aliphatic carbocycles. The minimum absolute atomic E-state index is 0.100. The number of benzene rings is 2. The van der Waals surface area contributed by atoms with Gasteiger partial charge < -0.3 is 10.1 Å². The van der Waals surface area contributed by atoms with E-state index in [1.807, 2.05) is 61.5 Å². The van der Waals surface area contributed by atoms with E-state index in [2.05, 4.69) is 10.3 Å². The lowest BCUT2D eigenvalue weighted by Crippen LogP contribution is -2.41. The minimum Gasteiger partial charge on any atom is -0.474 e. The van der Waals surface area contributed by atoms with Gasteiger partial charge in [0.1, 0.15) is 6.10 Å². The molecule has 0 radical (unpaired) electrons. The molecule has 1 atom stereocenters. The topological polar surface area (TPSA) is 97.3 Å². The average Bonchev–Trinajstić information content (AvgIpc) is 2.84. The summed E-state index contributed by atoms with van der Waals surface area (Å²) in [6, 6.07) is 17.6. The molecule has 3 heterocycles. The highest BCUT2D eigenvalue weighted by Gasteiger charge is 2.27. The van der Waals surface area contributed by atoms with Gasteiger partial charge in [-0.15, -0.1) is 0 Å². The molecule has 1 aliphatic heterocycles. The molecule has 5 rings (SSSR count). The molecule has 2 aromatic carbocycles. The van der Waals surface area contributed by atoms with Crippen LogP contribution in [0.1, 0.15) is 31.6 Å². The van der Waals surface area contributed by atoms with Crippen molar-refractivity contribution in [2.75, 3.05) is 24.7 Å². The van der Waals surface area contributed by atoms with Gasteiger partial charge in [-0.1, -0.05) is 30.3 Å². The summed E-state index contributed by atoms with van der Waals surface area (Å²) in [5.74, 6) is 1.16. The number of piperidine rings is 1. The van der Waals surface area contributed by atoms with Gasteiger partial charge in [0.2, 0.25) is 15.9 Å². The van der Waals surface area contributed by atoms with Crippen molar-refractivity contribution in [2.24, 2.45) is 0 Å². The number of nitrogens with zero attached hydrogens (tertiary/aromatic N) is 4. The third kappa shape index (κ3) is 4.67. The molecule has 0 saturated carbocycles. The van der Waals surface area contributed by atoms with Crippen LogP contribution in [0.5, 0.6) is 5.88 Å². The molecule has 0 unspecified atom stereocenters. The van der Waals surface area contributed by atoms with E-state index in [0.717, 1.165) is 27.5 Å². The molecule has 2 aromatic heterocycles. The zero-order chi connectivity index (χ0) is 23.7. The quantitative estimate of drug-likeness (QED) is 0.445. The Morgan fingerprint density at radius 3 is 2.38 bits per heavy atom. The van der Waals surface area contributed by atoms with Gasteiger partial charge in [0, 0.05) is 30.4 Å². The molecule has 0 bridgehead atoms. The summed E-state index contributed by atoms with van der Waals surface area (Å²) < 4.78 is 31.5. The molecule has 1 aliphatic rings. The Bertz CT molecular complexity index is 1430. The van der Waals surface area contributed by atoms with Crippen LogP contribution in [-0.4, -0.2) is 53.1 Å². The van der Waals surface area contributed by atoms with E-state index in [0.29, 0.717) is 37.6 Å². The van der Waals surface area contributed by atoms with E-state index in [1.165, 1.54) is 10.6 Å². The summed E-state index contributed by atoms with van der Waals surface area (Å²) in [5, 5.41) is 5.40. The summed E-state index contributed by atoms with van der Waals surface area (Å²) in [4.78, 5) is 14.0. The van der Waals surface area contributed by atoms with E-state index < -0.39 is 10.0 Å². The Morgan fingerprint density at radius 1 is 0.971 bits per heavy atom. The van der Waals surface area contributed by atoms with E-state index in [-0.39, 0.29) is 12.1 Å². The number of para-hydroxylation sites is 2. The zero-order valence-electron chi connectivity index (χ0n) is 19.2. The molecule has 1 saturated heterocycles. The maximum Gasteiger partial charge on any atom is 0.225 e. The van der Waals surface area contributed by atoms with E-state index in [9.17, 15) is 8.42 Å². The van der Waals surface area contributed by atoms with Gasteiger partial charge in [-0.2, -0.15) is 4.98 Å². The smallest absolute Gasteiger partial charge is 0.225 e. The van der Waals surface area contributed by atoms with Crippen LogP contribution in [0.15, 0.2) is 60.8 Å². The first-order valence-corrected chi connectivity index (χ1v) is 13.2. The second-order valence-electron chi connectivity index (χ2n) is 8.63. The number of fused-ring (bicyclic) bond motifs is 2. The standard InChI is InChI=1S/C25H27N5O3S/c1-17(27-23-11-14-26-21-9-5-3-7-19(21)23)24-28-22-10-6-4-8-20(22)25(29-24)33-18-12-15-30(16-13-18)34(2,31)32/h3-11,14,17-18H,12-13,15-16H2,1-2H3,(H,26,27)/t17-/m0/s1. The highest BCUT2D eigenvalue weighted by Crippen LogP contribution is 2.30. The van der Waals surface area contributed by atoms with E-state index in [4.69, 9.17) is 14.7 Å². The summed E-state index contributed by atoms with van der Waals surface area (Å²) in [6.45, 7) is 2.92. The largest absolute Gasteiger partial charge is 0.474 e. The highest BCUT2D eigenvalue weighted by molar-refractivity contribution is 7.88. The van der Waals surface area contributed by atoms with Crippen LogP contribution in [0.3, 0.4) is 0 Å².